The van der Waals surface area contributed by atoms with Crippen molar-refractivity contribution in [3.8, 4) is 0 Å². The Bertz CT molecular complexity index is 258. The predicted molar refractivity (Wildman–Crippen MR) is 81.2 cm³/mol. The third kappa shape index (κ3) is 8.18. The molecule has 1 atom stereocenters. The van der Waals surface area contributed by atoms with Crippen molar-refractivity contribution in [1.82, 2.24) is 15.1 Å². The number of carbonyl (C=O) groups excluding carboxylic acids is 1. The molecule has 0 bridgehead atoms. The van der Waals surface area contributed by atoms with Crippen LogP contribution in [0.5, 0.6) is 0 Å². The second-order valence-corrected chi connectivity index (χ2v) is 5.86. The summed E-state index contributed by atoms with van der Waals surface area (Å²) in [7, 11) is 8.14. The summed E-state index contributed by atoms with van der Waals surface area (Å²) in [4.78, 5) is 15.9. The molecule has 0 aliphatic heterocycles. The molecule has 0 aliphatic rings. The highest BCUT2D eigenvalue weighted by Crippen LogP contribution is 2.13. The van der Waals surface area contributed by atoms with Crippen LogP contribution in [0.15, 0.2) is 0 Å². The van der Waals surface area contributed by atoms with Crippen molar-refractivity contribution >= 4 is 5.91 Å². The first-order valence-corrected chi connectivity index (χ1v) is 7.14. The average Bonchev–Trinajstić information content (AvgIpc) is 2.33. The lowest BCUT2D eigenvalue weighted by Crippen LogP contribution is -2.51. The van der Waals surface area contributed by atoms with Gasteiger partial charge in [-0.15, -0.1) is 0 Å². The zero-order chi connectivity index (χ0) is 14.9. The van der Waals surface area contributed by atoms with Gasteiger partial charge in [-0.05, 0) is 80.4 Å². The van der Waals surface area contributed by atoms with Gasteiger partial charge in [0.1, 0.15) is 0 Å². The third-order valence-electron chi connectivity index (χ3n) is 3.71. The van der Waals surface area contributed by atoms with E-state index in [1.54, 1.807) is 7.05 Å². The summed E-state index contributed by atoms with van der Waals surface area (Å²) < 4.78 is 0. The molecule has 0 aromatic heterocycles. The Hall–Kier alpha value is -0.650. The monoisotopic (exact) mass is 272 g/mol. The summed E-state index contributed by atoms with van der Waals surface area (Å²) >= 11 is 0. The largest absolute Gasteiger partial charge is 0.368 e. The summed E-state index contributed by atoms with van der Waals surface area (Å²) in [5.74, 6) is -0.269. The first kappa shape index (κ1) is 18.4. The number of unbranched alkanes of at least 4 members (excludes halogenated alkanes) is 1. The first-order valence-electron chi connectivity index (χ1n) is 7.14. The topological polar surface area (TPSA) is 61.6 Å². The summed E-state index contributed by atoms with van der Waals surface area (Å²) in [5.41, 5.74) is 4.84. The van der Waals surface area contributed by atoms with Gasteiger partial charge >= 0.3 is 0 Å². The molecule has 0 heterocycles. The van der Waals surface area contributed by atoms with Crippen molar-refractivity contribution in [2.45, 2.75) is 38.1 Å². The summed E-state index contributed by atoms with van der Waals surface area (Å²) in [6.45, 7) is 5.20. The van der Waals surface area contributed by atoms with Crippen molar-refractivity contribution in [2.24, 2.45) is 5.73 Å². The molecule has 0 fully saturated rings. The molecular weight excluding hydrogens is 240 g/mol. The molecule has 114 valence electrons. The van der Waals surface area contributed by atoms with Crippen molar-refractivity contribution in [3.63, 3.8) is 0 Å². The van der Waals surface area contributed by atoms with Crippen LogP contribution in [-0.4, -0.2) is 69.1 Å². The lowest BCUT2D eigenvalue weighted by atomic mass is 9.94. The highest BCUT2D eigenvalue weighted by atomic mass is 16.1. The molecular formula is C14H32N4O. The molecule has 0 aromatic rings. The Balaban J connectivity index is 3.70. The number of amides is 1. The van der Waals surface area contributed by atoms with E-state index in [4.69, 9.17) is 5.73 Å². The van der Waals surface area contributed by atoms with Gasteiger partial charge < -0.3 is 20.9 Å². The van der Waals surface area contributed by atoms with Crippen LogP contribution in [0.4, 0.5) is 0 Å². The zero-order valence-corrected chi connectivity index (χ0v) is 13.3. The van der Waals surface area contributed by atoms with E-state index in [0.717, 1.165) is 38.9 Å². The van der Waals surface area contributed by atoms with E-state index in [9.17, 15) is 4.79 Å². The second kappa shape index (κ2) is 9.28. The first-order chi connectivity index (χ1) is 8.81. The van der Waals surface area contributed by atoms with Crippen LogP contribution < -0.4 is 11.1 Å². The molecule has 1 unspecified atom stereocenters. The smallest absolute Gasteiger partial charge is 0.237 e. The Kier molecular flexibility index (Phi) is 8.97. The van der Waals surface area contributed by atoms with Crippen molar-refractivity contribution in [3.05, 3.63) is 0 Å². The van der Waals surface area contributed by atoms with Crippen LogP contribution in [0.25, 0.3) is 0 Å². The fraction of sp³-hybridized carbons (Fsp3) is 0.929. The molecule has 0 radical (unpaired) electrons. The van der Waals surface area contributed by atoms with Crippen LogP contribution in [0.2, 0.25) is 0 Å². The van der Waals surface area contributed by atoms with Gasteiger partial charge in [0.05, 0.1) is 5.54 Å². The number of rotatable bonds is 11. The number of nitrogens with zero attached hydrogens (tertiary/aromatic N) is 2. The molecule has 19 heavy (non-hydrogen) atoms. The normalized spacial score (nSPS) is 14.9. The molecule has 0 saturated carbocycles. The van der Waals surface area contributed by atoms with Crippen molar-refractivity contribution in [2.75, 3.05) is 47.8 Å². The van der Waals surface area contributed by atoms with Crippen LogP contribution in [0.3, 0.4) is 0 Å². The Morgan fingerprint density at radius 2 is 1.68 bits per heavy atom. The van der Waals surface area contributed by atoms with E-state index in [0.29, 0.717) is 0 Å². The molecule has 0 aromatic carbocycles. The molecule has 0 aliphatic carbocycles. The number of carbonyl (C=O) groups is 1. The minimum Gasteiger partial charge on any atom is -0.368 e. The summed E-state index contributed by atoms with van der Waals surface area (Å²) in [6.07, 6.45) is 4.10. The van der Waals surface area contributed by atoms with Crippen LogP contribution >= 0.6 is 0 Å². The molecule has 0 spiro atoms. The molecule has 3 N–H and O–H groups in total. The fourth-order valence-electron chi connectivity index (χ4n) is 2.00. The highest BCUT2D eigenvalue weighted by Gasteiger charge is 2.27. The summed E-state index contributed by atoms with van der Waals surface area (Å²) in [5, 5.41) is 3.02. The van der Waals surface area contributed by atoms with E-state index in [-0.39, 0.29) is 5.91 Å². The van der Waals surface area contributed by atoms with Crippen LogP contribution in [0.1, 0.15) is 32.6 Å². The number of likely N-dealkylation sites (N-methyl/N-ethyl adjacent to an activating group) is 1. The average molecular weight is 272 g/mol. The van der Waals surface area contributed by atoms with Gasteiger partial charge in [-0.2, -0.15) is 0 Å². The van der Waals surface area contributed by atoms with Crippen molar-refractivity contribution in [1.29, 1.82) is 0 Å². The van der Waals surface area contributed by atoms with Gasteiger partial charge in [0.25, 0.3) is 0 Å². The van der Waals surface area contributed by atoms with E-state index < -0.39 is 5.54 Å². The Morgan fingerprint density at radius 1 is 1.11 bits per heavy atom. The van der Waals surface area contributed by atoms with Gasteiger partial charge in [-0.3, -0.25) is 4.79 Å². The van der Waals surface area contributed by atoms with Gasteiger partial charge in [0.15, 0.2) is 0 Å². The van der Waals surface area contributed by atoms with Crippen LogP contribution in [-0.2, 0) is 4.79 Å². The molecule has 0 saturated heterocycles. The maximum Gasteiger partial charge on any atom is 0.237 e. The Labute approximate surface area is 118 Å². The predicted octanol–water partition coefficient (Wildman–Crippen LogP) is 0.504. The lowest BCUT2D eigenvalue weighted by Gasteiger charge is -2.26. The summed E-state index contributed by atoms with van der Waals surface area (Å²) in [6, 6.07) is 0. The van der Waals surface area contributed by atoms with E-state index in [2.05, 4.69) is 36.3 Å². The molecule has 1 amide bonds. The standard InChI is InChI=1S/C14H32N4O/c1-14(16-2,13(15)19)9-6-7-11-18(5)12-8-10-17(3)4/h16H,6-12H2,1-5H3,(H2,15,19). The molecule has 5 heteroatoms. The van der Waals surface area contributed by atoms with Gasteiger partial charge in [0.2, 0.25) is 5.91 Å². The van der Waals surface area contributed by atoms with Gasteiger partial charge in [-0.25, -0.2) is 0 Å². The van der Waals surface area contributed by atoms with E-state index in [1.165, 1.54) is 6.42 Å². The maximum absolute atomic E-state index is 11.3. The molecule has 5 nitrogen and oxygen atoms in total. The van der Waals surface area contributed by atoms with E-state index >= 15 is 0 Å². The number of hydrogen-bond donors (Lipinski definition) is 2. The maximum atomic E-state index is 11.3. The second-order valence-electron chi connectivity index (χ2n) is 5.86. The minimum atomic E-state index is -0.566. The highest BCUT2D eigenvalue weighted by molar-refractivity contribution is 5.84. The fourth-order valence-corrected chi connectivity index (χ4v) is 2.00. The number of nitrogens with two attached hydrogens (primary N) is 1. The molecule has 0 rings (SSSR count). The quantitative estimate of drug-likeness (QED) is 0.538. The third-order valence-corrected chi connectivity index (χ3v) is 3.71. The number of nitrogens with one attached hydrogen (secondary N) is 1. The number of primary amides is 1. The van der Waals surface area contributed by atoms with Gasteiger partial charge in [0, 0.05) is 0 Å². The lowest BCUT2D eigenvalue weighted by molar-refractivity contribution is -0.123. The van der Waals surface area contributed by atoms with Crippen molar-refractivity contribution < 1.29 is 4.79 Å². The van der Waals surface area contributed by atoms with Gasteiger partial charge in [-0.1, -0.05) is 0 Å². The minimum absolute atomic E-state index is 0.269. The van der Waals surface area contributed by atoms with Crippen LogP contribution in [0, 0.1) is 0 Å². The zero-order valence-electron chi connectivity index (χ0n) is 13.3. The van der Waals surface area contributed by atoms with E-state index in [1.807, 2.05) is 6.92 Å². The Morgan fingerprint density at radius 3 is 2.16 bits per heavy atom. The number of hydrogen-bond acceptors (Lipinski definition) is 4. The SMILES string of the molecule is CNC(C)(CCCCN(C)CCCN(C)C)C(N)=O.